The third kappa shape index (κ3) is 3.49. The minimum Gasteiger partial charge on any atom is -0.338 e. The number of benzene rings is 1. The Morgan fingerprint density at radius 1 is 1.27 bits per heavy atom. The summed E-state index contributed by atoms with van der Waals surface area (Å²) in [5.74, 6) is 1.65. The minimum atomic E-state index is 0.0989. The minimum absolute atomic E-state index is 0.0989. The second-order valence-corrected chi connectivity index (χ2v) is 6.73. The van der Waals surface area contributed by atoms with Crippen molar-refractivity contribution in [2.45, 2.75) is 19.8 Å². The molecule has 1 aliphatic heterocycles. The van der Waals surface area contributed by atoms with Gasteiger partial charge in [-0.3, -0.25) is 9.78 Å². The molecule has 6 heteroatoms. The lowest BCUT2D eigenvalue weighted by Crippen LogP contribution is -2.29. The summed E-state index contributed by atoms with van der Waals surface area (Å²) in [4.78, 5) is 23.0. The molecule has 0 bridgehead atoms. The van der Waals surface area contributed by atoms with Gasteiger partial charge in [-0.25, -0.2) is 0 Å². The maximum absolute atomic E-state index is 12.7. The van der Waals surface area contributed by atoms with Crippen molar-refractivity contribution < 1.29 is 9.32 Å². The fourth-order valence-corrected chi connectivity index (χ4v) is 3.35. The van der Waals surface area contributed by atoms with E-state index < -0.39 is 0 Å². The molecule has 6 nitrogen and oxygen atoms in total. The van der Waals surface area contributed by atoms with E-state index in [1.54, 1.807) is 12.4 Å². The number of carbonyl (C=O) groups excluding carboxylic acids is 1. The quantitative estimate of drug-likeness (QED) is 0.724. The van der Waals surface area contributed by atoms with Gasteiger partial charge in [0, 0.05) is 43.0 Å². The zero-order valence-corrected chi connectivity index (χ0v) is 14.6. The van der Waals surface area contributed by atoms with Crippen LogP contribution < -0.4 is 0 Å². The Bertz CT molecular complexity index is 907. The van der Waals surface area contributed by atoms with Crippen molar-refractivity contribution in [1.82, 2.24) is 20.0 Å². The maximum Gasteiger partial charge on any atom is 0.258 e. The zero-order valence-electron chi connectivity index (χ0n) is 14.6. The van der Waals surface area contributed by atoms with Crippen LogP contribution in [0.3, 0.4) is 0 Å². The number of amides is 1. The first-order chi connectivity index (χ1) is 12.7. The third-order valence-electron chi connectivity index (χ3n) is 4.70. The van der Waals surface area contributed by atoms with Crippen LogP contribution in [0.25, 0.3) is 11.5 Å². The number of pyridine rings is 1. The van der Waals surface area contributed by atoms with E-state index in [0.29, 0.717) is 24.1 Å². The van der Waals surface area contributed by atoms with E-state index >= 15 is 0 Å². The van der Waals surface area contributed by atoms with Gasteiger partial charge in [0.05, 0.1) is 0 Å². The molecule has 3 heterocycles. The molecule has 132 valence electrons. The lowest BCUT2D eigenvalue weighted by atomic mass is 10.0. The van der Waals surface area contributed by atoms with Crippen molar-refractivity contribution in [3.8, 4) is 11.5 Å². The number of aromatic nitrogens is 3. The van der Waals surface area contributed by atoms with E-state index in [4.69, 9.17) is 4.52 Å². The van der Waals surface area contributed by atoms with Crippen molar-refractivity contribution in [2.75, 3.05) is 13.1 Å². The Kier molecular flexibility index (Phi) is 4.48. The summed E-state index contributed by atoms with van der Waals surface area (Å²) in [6.07, 6.45) is 5.07. The second kappa shape index (κ2) is 7.07. The molecule has 0 spiro atoms. The van der Waals surface area contributed by atoms with Gasteiger partial charge in [-0.1, -0.05) is 22.9 Å². The summed E-state index contributed by atoms with van der Waals surface area (Å²) in [5, 5.41) is 4.09. The average Bonchev–Trinajstić information content (AvgIpc) is 3.32. The van der Waals surface area contributed by atoms with Crippen LogP contribution >= 0.6 is 0 Å². The first-order valence-electron chi connectivity index (χ1n) is 8.78. The molecule has 1 saturated heterocycles. The van der Waals surface area contributed by atoms with Gasteiger partial charge in [0.1, 0.15) is 0 Å². The van der Waals surface area contributed by atoms with E-state index in [-0.39, 0.29) is 5.91 Å². The summed E-state index contributed by atoms with van der Waals surface area (Å²) < 4.78 is 5.35. The van der Waals surface area contributed by atoms with Crippen LogP contribution in [-0.2, 0) is 6.42 Å². The number of hydrogen-bond donors (Lipinski definition) is 0. The van der Waals surface area contributed by atoms with Crippen LogP contribution in [0, 0.1) is 12.8 Å². The fraction of sp³-hybridized carbons (Fsp3) is 0.300. The molecule has 1 fully saturated rings. The third-order valence-corrected chi connectivity index (χ3v) is 4.70. The Hall–Kier alpha value is -3.02. The number of rotatable bonds is 4. The van der Waals surface area contributed by atoms with Crippen LogP contribution in [0.5, 0.6) is 0 Å². The molecule has 2 aromatic heterocycles. The fourth-order valence-electron chi connectivity index (χ4n) is 3.35. The van der Waals surface area contributed by atoms with Crippen molar-refractivity contribution in [1.29, 1.82) is 0 Å². The Morgan fingerprint density at radius 2 is 2.12 bits per heavy atom. The molecule has 4 rings (SSSR count). The molecule has 0 N–H and O–H groups in total. The molecule has 0 radical (unpaired) electrons. The van der Waals surface area contributed by atoms with Gasteiger partial charge in [0.25, 0.3) is 11.8 Å². The SMILES string of the molecule is Cc1cccc(C(=O)N2CCC(Cc3noc(-c4ccncc4)n3)C2)c1. The van der Waals surface area contributed by atoms with Crippen LogP contribution in [0.1, 0.15) is 28.2 Å². The van der Waals surface area contributed by atoms with Crippen molar-refractivity contribution in [2.24, 2.45) is 5.92 Å². The average molecular weight is 348 g/mol. The molecule has 1 aromatic carbocycles. The lowest BCUT2D eigenvalue weighted by Gasteiger charge is -2.16. The van der Waals surface area contributed by atoms with Crippen LogP contribution in [0.15, 0.2) is 53.3 Å². The highest BCUT2D eigenvalue weighted by Crippen LogP contribution is 2.23. The topological polar surface area (TPSA) is 72.1 Å². The predicted octanol–water partition coefficient (Wildman–Crippen LogP) is 3.14. The van der Waals surface area contributed by atoms with Crippen molar-refractivity contribution in [3.05, 3.63) is 65.7 Å². The van der Waals surface area contributed by atoms with Gasteiger partial charge < -0.3 is 9.42 Å². The summed E-state index contributed by atoms with van der Waals surface area (Å²) in [5.41, 5.74) is 2.72. The van der Waals surface area contributed by atoms with Gasteiger partial charge >= 0.3 is 0 Å². The van der Waals surface area contributed by atoms with Gasteiger partial charge in [-0.15, -0.1) is 0 Å². The first-order valence-corrected chi connectivity index (χ1v) is 8.78. The standard InChI is InChI=1S/C20H20N4O2/c1-14-3-2-4-17(11-14)20(25)24-10-7-15(13-24)12-18-22-19(26-23-18)16-5-8-21-9-6-16/h2-6,8-9,11,15H,7,10,12-13H2,1H3. The summed E-state index contributed by atoms with van der Waals surface area (Å²) in [6.45, 7) is 3.50. The van der Waals surface area contributed by atoms with Crippen molar-refractivity contribution >= 4 is 5.91 Å². The van der Waals surface area contributed by atoms with E-state index in [9.17, 15) is 4.79 Å². The number of carbonyl (C=O) groups is 1. The van der Waals surface area contributed by atoms with E-state index in [1.807, 2.05) is 48.2 Å². The first kappa shape index (κ1) is 16.4. The second-order valence-electron chi connectivity index (χ2n) is 6.73. The van der Waals surface area contributed by atoms with Gasteiger partial charge in [-0.05, 0) is 43.5 Å². The smallest absolute Gasteiger partial charge is 0.258 e. The summed E-state index contributed by atoms with van der Waals surface area (Å²) in [6, 6.07) is 11.4. The molecular weight excluding hydrogens is 328 g/mol. The Morgan fingerprint density at radius 3 is 2.92 bits per heavy atom. The molecule has 1 atom stereocenters. The summed E-state index contributed by atoms with van der Waals surface area (Å²) in [7, 11) is 0. The molecule has 3 aromatic rings. The van der Waals surface area contributed by atoms with Crippen LogP contribution in [0.2, 0.25) is 0 Å². The van der Waals surface area contributed by atoms with Gasteiger partial charge in [0.15, 0.2) is 5.82 Å². The van der Waals surface area contributed by atoms with Crippen LogP contribution in [-0.4, -0.2) is 39.0 Å². The zero-order chi connectivity index (χ0) is 17.9. The van der Waals surface area contributed by atoms with Crippen LogP contribution in [0.4, 0.5) is 0 Å². The highest BCUT2D eigenvalue weighted by Gasteiger charge is 2.28. The van der Waals surface area contributed by atoms with E-state index in [1.165, 1.54) is 0 Å². The Labute approximate surface area is 151 Å². The number of aryl methyl sites for hydroxylation is 1. The van der Waals surface area contributed by atoms with Crippen molar-refractivity contribution in [3.63, 3.8) is 0 Å². The maximum atomic E-state index is 12.7. The highest BCUT2D eigenvalue weighted by atomic mass is 16.5. The largest absolute Gasteiger partial charge is 0.338 e. The Balaban J connectivity index is 1.39. The number of nitrogens with zero attached hydrogens (tertiary/aromatic N) is 4. The predicted molar refractivity (Wildman–Crippen MR) is 96.4 cm³/mol. The van der Waals surface area contributed by atoms with Gasteiger partial charge in [0.2, 0.25) is 0 Å². The lowest BCUT2D eigenvalue weighted by molar-refractivity contribution is 0.0787. The number of likely N-dealkylation sites (tertiary alicyclic amines) is 1. The summed E-state index contributed by atoms with van der Waals surface area (Å²) >= 11 is 0. The number of hydrogen-bond acceptors (Lipinski definition) is 5. The highest BCUT2D eigenvalue weighted by molar-refractivity contribution is 5.94. The normalized spacial score (nSPS) is 16.8. The molecule has 0 saturated carbocycles. The molecule has 0 aliphatic carbocycles. The van der Waals surface area contributed by atoms with E-state index in [2.05, 4.69) is 15.1 Å². The molecule has 26 heavy (non-hydrogen) atoms. The molecular formula is C20H20N4O2. The van der Waals surface area contributed by atoms with Gasteiger partial charge in [-0.2, -0.15) is 4.98 Å². The molecule has 1 aliphatic rings. The molecule has 1 amide bonds. The molecule has 1 unspecified atom stereocenters. The van der Waals surface area contributed by atoms with E-state index in [0.717, 1.165) is 36.2 Å². The monoisotopic (exact) mass is 348 g/mol.